The highest BCUT2D eigenvalue weighted by molar-refractivity contribution is 5.96. The lowest BCUT2D eigenvalue weighted by Gasteiger charge is -2.45. The fourth-order valence-corrected chi connectivity index (χ4v) is 3.30. The van der Waals surface area contributed by atoms with E-state index in [1.807, 2.05) is 12.1 Å². The molecule has 2 bridgehead atoms. The number of hydrogen-bond acceptors (Lipinski definition) is 5. The predicted molar refractivity (Wildman–Crippen MR) is 76.5 cm³/mol. The van der Waals surface area contributed by atoms with Crippen molar-refractivity contribution in [2.75, 3.05) is 19.6 Å². The first-order valence-electron chi connectivity index (χ1n) is 7.15. The summed E-state index contributed by atoms with van der Waals surface area (Å²) in [4.78, 5) is 6.71. The average molecular weight is 275 g/mol. The number of aromatic nitrogens is 1. The van der Waals surface area contributed by atoms with E-state index in [-0.39, 0.29) is 5.84 Å². The summed E-state index contributed by atoms with van der Waals surface area (Å²) in [6.07, 6.45) is 4.24. The van der Waals surface area contributed by atoms with Crippen LogP contribution in [0.2, 0.25) is 0 Å². The molecule has 4 N–H and O–H groups in total. The molecule has 4 heterocycles. The number of nitrogens with two attached hydrogens (primary N) is 1. The molecule has 0 aliphatic carbocycles. The Kier molecular flexibility index (Phi) is 3.84. The summed E-state index contributed by atoms with van der Waals surface area (Å²) in [6, 6.07) is 4.38. The maximum Gasteiger partial charge on any atom is 0.189 e. The second-order valence-corrected chi connectivity index (χ2v) is 5.62. The van der Waals surface area contributed by atoms with Crippen molar-refractivity contribution in [2.24, 2.45) is 16.8 Å². The van der Waals surface area contributed by atoms with Crippen molar-refractivity contribution in [3.8, 4) is 0 Å². The van der Waals surface area contributed by atoms with Gasteiger partial charge in [-0.05, 0) is 43.5 Å². The molecule has 6 heteroatoms. The Balaban J connectivity index is 1.67. The van der Waals surface area contributed by atoms with E-state index in [1.54, 1.807) is 6.20 Å². The second kappa shape index (κ2) is 5.76. The molecule has 1 atom stereocenters. The average Bonchev–Trinajstić information content (AvgIpc) is 2.53. The number of nitrogens with zero attached hydrogens (tertiary/aromatic N) is 3. The van der Waals surface area contributed by atoms with E-state index in [1.165, 1.54) is 25.9 Å². The molecule has 0 radical (unpaired) electrons. The molecule has 0 aromatic carbocycles. The van der Waals surface area contributed by atoms with Crippen molar-refractivity contribution >= 4 is 5.84 Å². The molecule has 3 aliphatic heterocycles. The van der Waals surface area contributed by atoms with Crippen molar-refractivity contribution in [3.05, 3.63) is 29.6 Å². The second-order valence-electron chi connectivity index (χ2n) is 5.62. The van der Waals surface area contributed by atoms with Crippen LogP contribution >= 0.6 is 0 Å². The zero-order valence-electron chi connectivity index (χ0n) is 11.5. The predicted octanol–water partition coefficient (Wildman–Crippen LogP) is 0.360. The van der Waals surface area contributed by atoms with Crippen LogP contribution in [0.3, 0.4) is 0 Å². The summed E-state index contributed by atoms with van der Waals surface area (Å²) < 4.78 is 0. The summed E-state index contributed by atoms with van der Waals surface area (Å²) in [5.74, 6) is 0.847. The van der Waals surface area contributed by atoms with Crippen molar-refractivity contribution in [1.29, 1.82) is 0 Å². The summed E-state index contributed by atoms with van der Waals surface area (Å²) in [6.45, 7) is 4.31. The van der Waals surface area contributed by atoms with Gasteiger partial charge in [-0.15, -0.1) is 0 Å². The first-order valence-corrected chi connectivity index (χ1v) is 7.15. The van der Waals surface area contributed by atoms with Crippen LogP contribution in [-0.2, 0) is 6.54 Å². The molecule has 3 saturated heterocycles. The van der Waals surface area contributed by atoms with Gasteiger partial charge in [-0.3, -0.25) is 4.98 Å². The van der Waals surface area contributed by atoms with Gasteiger partial charge in [-0.2, -0.15) is 0 Å². The zero-order valence-corrected chi connectivity index (χ0v) is 11.5. The highest BCUT2D eigenvalue weighted by Gasteiger charge is 2.33. The quantitative estimate of drug-likeness (QED) is 0.320. The van der Waals surface area contributed by atoms with E-state index in [9.17, 15) is 0 Å². The summed E-state index contributed by atoms with van der Waals surface area (Å²) in [5.41, 5.74) is 7.20. The largest absolute Gasteiger partial charge is 0.409 e. The maximum atomic E-state index is 8.81. The van der Waals surface area contributed by atoms with E-state index in [0.29, 0.717) is 18.3 Å². The minimum absolute atomic E-state index is 0.0660. The molecule has 20 heavy (non-hydrogen) atoms. The Morgan fingerprint density at radius 1 is 1.50 bits per heavy atom. The zero-order chi connectivity index (χ0) is 13.9. The van der Waals surface area contributed by atoms with E-state index in [4.69, 9.17) is 10.9 Å². The molecular formula is C14H21N5O. The van der Waals surface area contributed by atoms with Gasteiger partial charge in [0.25, 0.3) is 0 Å². The van der Waals surface area contributed by atoms with Crippen molar-refractivity contribution in [1.82, 2.24) is 15.2 Å². The van der Waals surface area contributed by atoms with Gasteiger partial charge < -0.3 is 21.2 Å². The van der Waals surface area contributed by atoms with Crippen molar-refractivity contribution < 1.29 is 5.21 Å². The monoisotopic (exact) mass is 275 g/mol. The number of rotatable bonds is 4. The lowest BCUT2D eigenvalue weighted by Crippen LogP contribution is -2.55. The van der Waals surface area contributed by atoms with Gasteiger partial charge in [0.05, 0.1) is 0 Å². The van der Waals surface area contributed by atoms with Crippen LogP contribution in [0.5, 0.6) is 0 Å². The van der Waals surface area contributed by atoms with Gasteiger partial charge in [-0.25, -0.2) is 0 Å². The molecule has 1 aromatic heterocycles. The van der Waals surface area contributed by atoms with E-state index < -0.39 is 0 Å². The lowest BCUT2D eigenvalue weighted by molar-refractivity contribution is 0.0720. The van der Waals surface area contributed by atoms with Crippen molar-refractivity contribution in [2.45, 2.75) is 25.4 Å². The van der Waals surface area contributed by atoms with Gasteiger partial charge in [0, 0.05) is 25.3 Å². The number of oxime groups is 1. The molecule has 0 spiro atoms. The van der Waals surface area contributed by atoms with Crippen LogP contribution < -0.4 is 11.1 Å². The number of hydrogen-bond donors (Lipinski definition) is 3. The minimum Gasteiger partial charge on any atom is -0.409 e. The normalized spacial score (nSPS) is 29.6. The molecule has 3 fully saturated rings. The molecule has 0 amide bonds. The molecule has 0 saturated carbocycles. The van der Waals surface area contributed by atoms with Crippen LogP contribution in [0.25, 0.3) is 0 Å². The Morgan fingerprint density at radius 2 is 2.30 bits per heavy atom. The minimum atomic E-state index is 0.0660. The third kappa shape index (κ3) is 2.62. The molecule has 4 rings (SSSR count). The van der Waals surface area contributed by atoms with E-state index >= 15 is 0 Å². The number of nitrogens with one attached hydrogen (secondary N) is 1. The summed E-state index contributed by atoms with van der Waals surface area (Å²) in [5, 5.41) is 15.5. The van der Waals surface area contributed by atoms with Gasteiger partial charge in [0.15, 0.2) is 5.84 Å². The highest BCUT2D eigenvalue weighted by atomic mass is 16.4. The number of fused-ring (bicyclic) bond motifs is 3. The van der Waals surface area contributed by atoms with Crippen LogP contribution in [0.15, 0.2) is 23.5 Å². The third-order valence-corrected chi connectivity index (χ3v) is 4.45. The van der Waals surface area contributed by atoms with Crippen LogP contribution in [0.1, 0.15) is 24.1 Å². The maximum absolute atomic E-state index is 8.81. The topological polar surface area (TPSA) is 86.8 Å². The molecule has 1 aromatic rings. The van der Waals surface area contributed by atoms with Gasteiger partial charge >= 0.3 is 0 Å². The fraction of sp³-hybridized carbons (Fsp3) is 0.571. The van der Waals surface area contributed by atoms with Gasteiger partial charge in [-0.1, -0.05) is 11.2 Å². The lowest BCUT2D eigenvalue weighted by atomic mass is 9.84. The Bertz CT molecular complexity index is 496. The highest BCUT2D eigenvalue weighted by Crippen LogP contribution is 2.27. The SMILES string of the molecule is NC(=NO)c1ncccc1CNC1CN2CCC1CC2. The fourth-order valence-electron chi connectivity index (χ4n) is 3.30. The smallest absolute Gasteiger partial charge is 0.189 e. The third-order valence-electron chi connectivity index (χ3n) is 4.45. The first-order chi connectivity index (χ1) is 9.78. The molecular weight excluding hydrogens is 254 g/mol. The summed E-state index contributed by atoms with van der Waals surface area (Å²) >= 11 is 0. The van der Waals surface area contributed by atoms with E-state index in [2.05, 4.69) is 20.4 Å². The Hall–Kier alpha value is -1.66. The summed E-state index contributed by atoms with van der Waals surface area (Å²) in [7, 11) is 0. The number of pyridine rings is 1. The number of piperidine rings is 3. The van der Waals surface area contributed by atoms with Crippen LogP contribution in [0.4, 0.5) is 0 Å². The molecule has 108 valence electrons. The van der Waals surface area contributed by atoms with Crippen molar-refractivity contribution in [3.63, 3.8) is 0 Å². The Labute approximate surface area is 118 Å². The first kappa shape index (κ1) is 13.3. The van der Waals surface area contributed by atoms with Gasteiger partial charge in [0.2, 0.25) is 0 Å². The number of amidine groups is 1. The molecule has 6 nitrogen and oxygen atoms in total. The van der Waals surface area contributed by atoms with Crippen LogP contribution in [-0.4, -0.2) is 46.6 Å². The molecule has 3 aliphatic rings. The van der Waals surface area contributed by atoms with E-state index in [0.717, 1.165) is 18.0 Å². The Morgan fingerprint density at radius 3 is 2.95 bits per heavy atom. The van der Waals surface area contributed by atoms with Crippen LogP contribution in [0, 0.1) is 5.92 Å². The molecule has 1 unspecified atom stereocenters. The standard InChI is InChI=1S/C14H21N5O/c15-14(18-20)13-11(2-1-5-16-13)8-17-12-9-19-6-3-10(12)4-7-19/h1-2,5,10,12,17,20H,3-4,6-9H2,(H2,15,18). The van der Waals surface area contributed by atoms with Gasteiger partial charge in [0.1, 0.15) is 5.69 Å².